The summed E-state index contributed by atoms with van der Waals surface area (Å²) in [6.07, 6.45) is 8.52. The van der Waals surface area contributed by atoms with E-state index in [1.807, 2.05) is 10.6 Å². The van der Waals surface area contributed by atoms with E-state index in [9.17, 15) is 0 Å². The lowest BCUT2D eigenvalue weighted by Gasteiger charge is -2.16. The van der Waals surface area contributed by atoms with Crippen LogP contribution in [0.2, 0.25) is 0 Å². The fourth-order valence-corrected chi connectivity index (χ4v) is 2.22. The monoisotopic (exact) mass is 268 g/mol. The number of nitrogen functional groups attached to an aromatic ring is 1. The second-order valence-electron chi connectivity index (χ2n) is 5.69. The first kappa shape index (κ1) is 12.5. The van der Waals surface area contributed by atoms with E-state index < -0.39 is 0 Å². The molecule has 0 spiro atoms. The Kier molecular flexibility index (Phi) is 2.67. The van der Waals surface area contributed by atoms with Gasteiger partial charge in [0.1, 0.15) is 29.2 Å². The molecule has 0 radical (unpaired) electrons. The highest BCUT2D eigenvalue weighted by molar-refractivity contribution is 5.84. The highest BCUT2D eigenvalue weighted by Crippen LogP contribution is 2.31. The number of hydrogen-bond donors (Lipinski definition) is 1. The summed E-state index contributed by atoms with van der Waals surface area (Å²) in [6.45, 7) is 6.34. The van der Waals surface area contributed by atoms with Crippen molar-refractivity contribution < 1.29 is 0 Å². The third kappa shape index (κ3) is 1.89. The summed E-state index contributed by atoms with van der Waals surface area (Å²) in [6, 6.07) is 0. The van der Waals surface area contributed by atoms with Crippen molar-refractivity contribution in [2.24, 2.45) is 0 Å². The average molecular weight is 268 g/mol. The highest BCUT2D eigenvalue weighted by Gasteiger charge is 2.24. The fraction of sp³-hybridized carbons (Fsp3) is 0.286. The molecule has 0 bridgehead atoms. The first-order valence-electron chi connectivity index (χ1n) is 6.37. The van der Waals surface area contributed by atoms with Gasteiger partial charge in [-0.3, -0.25) is 4.40 Å². The number of imidazole rings is 1. The fourth-order valence-electron chi connectivity index (χ4n) is 2.22. The molecule has 6 heteroatoms. The maximum Gasteiger partial charge on any atom is 0.150 e. The average Bonchev–Trinajstić information content (AvgIpc) is 2.81. The molecule has 3 heterocycles. The van der Waals surface area contributed by atoms with Gasteiger partial charge in [-0.2, -0.15) is 0 Å². The zero-order valence-electron chi connectivity index (χ0n) is 11.7. The van der Waals surface area contributed by atoms with Crippen molar-refractivity contribution in [3.05, 3.63) is 36.9 Å². The molecule has 3 aromatic rings. The third-order valence-electron chi connectivity index (χ3n) is 3.09. The molecule has 0 aliphatic heterocycles. The second kappa shape index (κ2) is 4.26. The lowest BCUT2D eigenvalue weighted by atomic mass is 9.96. The minimum absolute atomic E-state index is 0.107. The first-order chi connectivity index (χ1) is 9.48. The Morgan fingerprint density at radius 2 is 1.85 bits per heavy atom. The summed E-state index contributed by atoms with van der Waals surface area (Å²) < 4.78 is 1.99. The first-order valence-corrected chi connectivity index (χ1v) is 6.37. The predicted molar refractivity (Wildman–Crippen MR) is 77.1 cm³/mol. The van der Waals surface area contributed by atoms with Gasteiger partial charge < -0.3 is 5.73 Å². The Hall–Kier alpha value is -2.50. The van der Waals surface area contributed by atoms with Crippen molar-refractivity contribution >= 4 is 11.3 Å². The van der Waals surface area contributed by atoms with Gasteiger partial charge in [-0.1, -0.05) is 20.8 Å². The zero-order chi connectivity index (χ0) is 14.3. The van der Waals surface area contributed by atoms with E-state index in [0.29, 0.717) is 5.82 Å². The van der Waals surface area contributed by atoms with Crippen LogP contribution < -0.4 is 5.73 Å². The molecule has 0 saturated heterocycles. The number of anilines is 1. The zero-order valence-corrected chi connectivity index (χ0v) is 11.7. The number of hydrogen-bond acceptors (Lipinski definition) is 5. The van der Waals surface area contributed by atoms with Gasteiger partial charge in [-0.25, -0.2) is 19.9 Å². The van der Waals surface area contributed by atoms with Crippen LogP contribution in [-0.2, 0) is 5.41 Å². The normalized spacial score (nSPS) is 11.9. The molecule has 0 aliphatic rings. The van der Waals surface area contributed by atoms with Crippen molar-refractivity contribution in [3.8, 4) is 11.3 Å². The summed E-state index contributed by atoms with van der Waals surface area (Å²) in [4.78, 5) is 17.0. The molecule has 0 fully saturated rings. The molecular weight excluding hydrogens is 252 g/mol. The maximum absolute atomic E-state index is 6.04. The minimum Gasteiger partial charge on any atom is -0.382 e. The smallest absolute Gasteiger partial charge is 0.150 e. The number of fused-ring (bicyclic) bond motifs is 1. The summed E-state index contributed by atoms with van der Waals surface area (Å²) in [5.74, 6) is 1.38. The SMILES string of the molecule is CC(C)(C)c1nc(-c2cncnc2)c2c(N)nccn12. The summed E-state index contributed by atoms with van der Waals surface area (Å²) in [5, 5.41) is 0. The molecule has 0 unspecified atom stereocenters. The molecule has 0 atom stereocenters. The molecule has 102 valence electrons. The van der Waals surface area contributed by atoms with Gasteiger partial charge in [-0.15, -0.1) is 0 Å². The van der Waals surface area contributed by atoms with Crippen molar-refractivity contribution in [1.29, 1.82) is 0 Å². The number of rotatable bonds is 1. The Bertz CT molecular complexity index is 754. The highest BCUT2D eigenvalue weighted by atomic mass is 15.1. The second-order valence-corrected chi connectivity index (χ2v) is 5.69. The van der Waals surface area contributed by atoms with Crippen LogP contribution in [0.4, 0.5) is 5.82 Å². The molecule has 0 amide bonds. The van der Waals surface area contributed by atoms with Gasteiger partial charge in [0.2, 0.25) is 0 Å². The van der Waals surface area contributed by atoms with Crippen LogP contribution in [-0.4, -0.2) is 24.3 Å². The third-order valence-corrected chi connectivity index (χ3v) is 3.09. The quantitative estimate of drug-likeness (QED) is 0.730. The van der Waals surface area contributed by atoms with Crippen LogP contribution in [0.5, 0.6) is 0 Å². The van der Waals surface area contributed by atoms with Gasteiger partial charge in [-0.05, 0) is 0 Å². The largest absolute Gasteiger partial charge is 0.382 e. The van der Waals surface area contributed by atoms with Crippen LogP contribution in [0.25, 0.3) is 16.8 Å². The van der Waals surface area contributed by atoms with Crippen LogP contribution >= 0.6 is 0 Å². The molecule has 3 aromatic heterocycles. The number of aromatic nitrogens is 5. The molecule has 0 saturated carbocycles. The summed E-state index contributed by atoms with van der Waals surface area (Å²) in [5.41, 5.74) is 8.33. The Balaban J connectivity index is 2.39. The maximum atomic E-state index is 6.04. The predicted octanol–water partition coefficient (Wildman–Crippen LogP) is 2.07. The van der Waals surface area contributed by atoms with Gasteiger partial charge in [0.15, 0.2) is 0 Å². The van der Waals surface area contributed by atoms with Crippen molar-refractivity contribution in [2.45, 2.75) is 26.2 Å². The topological polar surface area (TPSA) is 82.0 Å². The van der Waals surface area contributed by atoms with Crippen molar-refractivity contribution in [1.82, 2.24) is 24.3 Å². The summed E-state index contributed by atoms with van der Waals surface area (Å²) >= 11 is 0. The van der Waals surface area contributed by atoms with Gasteiger partial charge in [0.05, 0.1) is 0 Å². The van der Waals surface area contributed by atoms with Crippen LogP contribution in [0, 0.1) is 0 Å². The van der Waals surface area contributed by atoms with E-state index in [-0.39, 0.29) is 5.41 Å². The van der Waals surface area contributed by atoms with E-state index in [1.54, 1.807) is 18.6 Å². The van der Waals surface area contributed by atoms with Crippen molar-refractivity contribution in [2.75, 3.05) is 5.73 Å². The van der Waals surface area contributed by atoms with Gasteiger partial charge in [0, 0.05) is 35.8 Å². The Morgan fingerprint density at radius 1 is 1.15 bits per heavy atom. The van der Waals surface area contributed by atoms with Crippen LogP contribution in [0.3, 0.4) is 0 Å². The van der Waals surface area contributed by atoms with Crippen molar-refractivity contribution in [3.63, 3.8) is 0 Å². The number of nitrogens with two attached hydrogens (primary N) is 1. The van der Waals surface area contributed by atoms with E-state index in [0.717, 1.165) is 22.6 Å². The lowest BCUT2D eigenvalue weighted by Crippen LogP contribution is -2.16. The molecule has 0 aromatic carbocycles. The van der Waals surface area contributed by atoms with Crippen LogP contribution in [0.1, 0.15) is 26.6 Å². The standard InChI is InChI=1S/C14H16N6/c1-14(2,3)13-19-10(9-6-16-8-17-7-9)11-12(15)18-4-5-20(11)13/h4-8H,1-3H3,(H2,15,18). The minimum atomic E-state index is -0.107. The van der Waals surface area contributed by atoms with E-state index in [1.165, 1.54) is 6.33 Å². The lowest BCUT2D eigenvalue weighted by molar-refractivity contribution is 0.543. The van der Waals surface area contributed by atoms with Gasteiger partial charge in [0.25, 0.3) is 0 Å². The molecule has 0 aliphatic carbocycles. The van der Waals surface area contributed by atoms with Crippen LogP contribution in [0.15, 0.2) is 31.1 Å². The summed E-state index contributed by atoms with van der Waals surface area (Å²) in [7, 11) is 0. The molecule has 3 rings (SSSR count). The van der Waals surface area contributed by atoms with E-state index in [4.69, 9.17) is 10.7 Å². The van der Waals surface area contributed by atoms with Gasteiger partial charge >= 0.3 is 0 Å². The van der Waals surface area contributed by atoms with E-state index in [2.05, 4.69) is 35.7 Å². The Morgan fingerprint density at radius 3 is 2.50 bits per heavy atom. The number of nitrogens with zero attached hydrogens (tertiary/aromatic N) is 5. The molecule has 6 nitrogen and oxygen atoms in total. The molecule has 20 heavy (non-hydrogen) atoms. The molecular formula is C14H16N6. The molecule has 2 N–H and O–H groups in total. The van der Waals surface area contributed by atoms with E-state index >= 15 is 0 Å². The Labute approximate surface area is 116 Å².